The summed E-state index contributed by atoms with van der Waals surface area (Å²) in [6.45, 7) is 4.48. The van der Waals surface area contributed by atoms with Gasteiger partial charge in [-0.1, -0.05) is 36.4 Å². The number of fused-ring (bicyclic) bond motifs is 1. The van der Waals surface area contributed by atoms with Gasteiger partial charge in [0.2, 0.25) is 0 Å². The first-order chi connectivity index (χ1) is 13.7. The van der Waals surface area contributed by atoms with Gasteiger partial charge >= 0.3 is 0 Å². The second-order valence-electron chi connectivity index (χ2n) is 6.93. The van der Waals surface area contributed by atoms with Crippen LogP contribution in [0.3, 0.4) is 0 Å². The summed E-state index contributed by atoms with van der Waals surface area (Å²) in [4.78, 5) is 29.2. The van der Waals surface area contributed by atoms with Gasteiger partial charge in [0.1, 0.15) is 0 Å². The lowest BCUT2D eigenvalue weighted by molar-refractivity contribution is 0.0640. The number of rotatable bonds is 5. The second-order valence-corrected chi connectivity index (χ2v) is 7.71. The predicted molar refractivity (Wildman–Crippen MR) is 113 cm³/mol. The number of piperazine rings is 1. The molecule has 2 heterocycles. The van der Waals surface area contributed by atoms with Crippen LogP contribution in [0.25, 0.3) is 10.8 Å². The van der Waals surface area contributed by atoms with Gasteiger partial charge in [0.15, 0.2) is 0 Å². The van der Waals surface area contributed by atoms with Gasteiger partial charge in [-0.25, -0.2) is 0 Å². The van der Waals surface area contributed by atoms with Crippen molar-refractivity contribution in [3.05, 3.63) is 70.4 Å². The van der Waals surface area contributed by atoms with E-state index in [0.29, 0.717) is 19.6 Å². The highest BCUT2D eigenvalue weighted by atomic mass is 32.1. The maximum Gasteiger partial charge on any atom is 0.254 e. The summed E-state index contributed by atoms with van der Waals surface area (Å²) in [5.41, 5.74) is 1.49. The lowest BCUT2D eigenvalue weighted by atomic mass is 10.0. The van der Waals surface area contributed by atoms with Gasteiger partial charge in [-0.05, 0) is 28.3 Å². The average Bonchev–Trinajstić information content (AvgIpc) is 3.28. The van der Waals surface area contributed by atoms with E-state index in [1.807, 2.05) is 64.2 Å². The molecular formula is C22H23N3O2S. The number of amides is 2. The van der Waals surface area contributed by atoms with Crippen molar-refractivity contribution in [2.24, 2.45) is 0 Å². The molecule has 6 heteroatoms. The Hall–Kier alpha value is -2.70. The Morgan fingerprint density at radius 3 is 2.54 bits per heavy atom. The summed E-state index contributed by atoms with van der Waals surface area (Å²) in [5.74, 6) is 0.0771. The van der Waals surface area contributed by atoms with E-state index in [9.17, 15) is 9.59 Å². The molecule has 0 bridgehead atoms. The third-order valence-electron chi connectivity index (χ3n) is 5.18. The van der Waals surface area contributed by atoms with Gasteiger partial charge in [0.25, 0.3) is 11.8 Å². The van der Waals surface area contributed by atoms with Crippen LogP contribution in [-0.4, -0.2) is 60.9 Å². The molecule has 144 valence electrons. The van der Waals surface area contributed by atoms with Crippen LogP contribution in [-0.2, 0) is 0 Å². The Kier molecular flexibility index (Phi) is 5.69. The quantitative estimate of drug-likeness (QED) is 0.725. The number of benzene rings is 2. The lowest BCUT2D eigenvalue weighted by Crippen LogP contribution is -2.50. The maximum atomic E-state index is 13.0. The number of carbonyl (C=O) groups is 2. The molecule has 0 radical (unpaired) electrons. The molecule has 0 saturated carbocycles. The number of nitrogens with one attached hydrogen (secondary N) is 1. The molecule has 1 fully saturated rings. The van der Waals surface area contributed by atoms with Crippen LogP contribution in [0.4, 0.5) is 0 Å². The standard InChI is InChI=1S/C22H23N3O2S/c26-21(18-8-15-28-16-18)23-9-10-24-11-13-25(14-12-24)22(27)20-7-3-5-17-4-1-2-6-19(17)20/h1-8,15-16H,9-14H2,(H,23,26). The predicted octanol–water partition coefficient (Wildman–Crippen LogP) is 3.09. The summed E-state index contributed by atoms with van der Waals surface area (Å²) in [7, 11) is 0. The van der Waals surface area contributed by atoms with Crippen molar-refractivity contribution < 1.29 is 9.59 Å². The highest BCUT2D eigenvalue weighted by molar-refractivity contribution is 7.08. The van der Waals surface area contributed by atoms with E-state index >= 15 is 0 Å². The summed E-state index contributed by atoms with van der Waals surface area (Å²) >= 11 is 1.52. The van der Waals surface area contributed by atoms with E-state index in [1.54, 1.807) is 0 Å². The van der Waals surface area contributed by atoms with Crippen LogP contribution in [0.5, 0.6) is 0 Å². The smallest absolute Gasteiger partial charge is 0.254 e. The Labute approximate surface area is 168 Å². The molecule has 1 aliphatic heterocycles. The molecule has 1 aliphatic rings. The van der Waals surface area contributed by atoms with Crippen LogP contribution >= 0.6 is 11.3 Å². The fraction of sp³-hybridized carbons (Fsp3) is 0.273. The van der Waals surface area contributed by atoms with E-state index < -0.39 is 0 Å². The molecule has 1 saturated heterocycles. The largest absolute Gasteiger partial charge is 0.351 e. The number of thiophene rings is 1. The second kappa shape index (κ2) is 8.54. The van der Waals surface area contributed by atoms with Gasteiger partial charge in [-0.3, -0.25) is 14.5 Å². The van der Waals surface area contributed by atoms with Crippen molar-refractivity contribution in [3.63, 3.8) is 0 Å². The first-order valence-electron chi connectivity index (χ1n) is 9.52. The van der Waals surface area contributed by atoms with Crippen molar-refractivity contribution in [2.45, 2.75) is 0 Å². The van der Waals surface area contributed by atoms with E-state index in [4.69, 9.17) is 0 Å². The van der Waals surface area contributed by atoms with Crippen molar-refractivity contribution in [2.75, 3.05) is 39.3 Å². The molecule has 4 rings (SSSR count). The van der Waals surface area contributed by atoms with Gasteiger partial charge in [-0.15, -0.1) is 0 Å². The average molecular weight is 394 g/mol. The molecule has 0 aliphatic carbocycles. The van der Waals surface area contributed by atoms with E-state index in [0.717, 1.165) is 41.5 Å². The number of hydrogen-bond donors (Lipinski definition) is 1. The summed E-state index contributed by atoms with van der Waals surface area (Å²) < 4.78 is 0. The van der Waals surface area contributed by atoms with Crippen LogP contribution in [0.1, 0.15) is 20.7 Å². The Morgan fingerprint density at radius 1 is 0.964 bits per heavy atom. The summed E-state index contributed by atoms with van der Waals surface area (Å²) in [6.07, 6.45) is 0. The van der Waals surface area contributed by atoms with Crippen LogP contribution in [0.15, 0.2) is 59.3 Å². The van der Waals surface area contributed by atoms with Crippen LogP contribution in [0, 0.1) is 0 Å². The highest BCUT2D eigenvalue weighted by Gasteiger charge is 2.23. The number of hydrogen-bond acceptors (Lipinski definition) is 4. The third-order valence-corrected chi connectivity index (χ3v) is 5.86. The Bertz CT molecular complexity index is 958. The first-order valence-corrected chi connectivity index (χ1v) is 10.5. The minimum Gasteiger partial charge on any atom is -0.351 e. The molecule has 1 N–H and O–H groups in total. The fourth-order valence-electron chi connectivity index (χ4n) is 3.58. The molecule has 0 atom stereocenters. The van der Waals surface area contributed by atoms with Crippen molar-refractivity contribution in [1.29, 1.82) is 0 Å². The molecule has 0 unspecified atom stereocenters. The van der Waals surface area contributed by atoms with Crippen LogP contribution in [0.2, 0.25) is 0 Å². The fourth-order valence-corrected chi connectivity index (χ4v) is 4.22. The normalized spacial score (nSPS) is 14.9. The molecular weight excluding hydrogens is 370 g/mol. The molecule has 3 aromatic rings. The molecule has 1 aromatic heterocycles. The minimum atomic E-state index is -0.0222. The molecule has 2 amide bonds. The van der Waals surface area contributed by atoms with E-state index in [1.165, 1.54) is 11.3 Å². The maximum absolute atomic E-state index is 13.0. The number of carbonyl (C=O) groups excluding carboxylic acids is 2. The Morgan fingerprint density at radius 2 is 1.75 bits per heavy atom. The summed E-state index contributed by atoms with van der Waals surface area (Å²) in [5, 5.41) is 8.81. The zero-order valence-corrected chi connectivity index (χ0v) is 16.5. The summed E-state index contributed by atoms with van der Waals surface area (Å²) in [6, 6.07) is 15.7. The van der Waals surface area contributed by atoms with Crippen LogP contribution < -0.4 is 5.32 Å². The monoisotopic (exact) mass is 393 g/mol. The highest BCUT2D eigenvalue weighted by Crippen LogP contribution is 2.20. The molecule has 5 nitrogen and oxygen atoms in total. The van der Waals surface area contributed by atoms with E-state index in [-0.39, 0.29) is 11.8 Å². The van der Waals surface area contributed by atoms with Gasteiger partial charge in [0, 0.05) is 55.8 Å². The van der Waals surface area contributed by atoms with Crippen molar-refractivity contribution in [1.82, 2.24) is 15.1 Å². The zero-order chi connectivity index (χ0) is 19.3. The SMILES string of the molecule is O=C(NCCN1CCN(C(=O)c2cccc3ccccc23)CC1)c1ccsc1. The Balaban J connectivity index is 1.29. The van der Waals surface area contributed by atoms with Gasteiger partial charge < -0.3 is 10.2 Å². The molecule has 2 aromatic carbocycles. The van der Waals surface area contributed by atoms with Gasteiger partial charge in [-0.2, -0.15) is 11.3 Å². The molecule has 28 heavy (non-hydrogen) atoms. The van der Waals surface area contributed by atoms with Crippen molar-refractivity contribution >= 4 is 33.9 Å². The minimum absolute atomic E-state index is 0.0222. The zero-order valence-electron chi connectivity index (χ0n) is 15.6. The third kappa shape index (κ3) is 4.08. The van der Waals surface area contributed by atoms with Gasteiger partial charge in [0.05, 0.1) is 0 Å². The van der Waals surface area contributed by atoms with E-state index in [2.05, 4.69) is 10.2 Å². The lowest BCUT2D eigenvalue weighted by Gasteiger charge is -2.35. The topological polar surface area (TPSA) is 52.7 Å². The first kappa shape index (κ1) is 18.7. The van der Waals surface area contributed by atoms with Crippen molar-refractivity contribution in [3.8, 4) is 0 Å². The number of nitrogens with zero attached hydrogens (tertiary/aromatic N) is 2. The molecule has 0 spiro atoms.